The Hall–Kier alpha value is -1.82. The molecule has 0 aliphatic carbocycles. The second-order valence-electron chi connectivity index (χ2n) is 6.03. The summed E-state index contributed by atoms with van der Waals surface area (Å²) in [7, 11) is 0. The van der Waals surface area contributed by atoms with Gasteiger partial charge in [-0.15, -0.1) is 0 Å². The minimum Gasteiger partial charge on any atom is -0.342 e. The number of nitrogens with zero attached hydrogens (tertiary/aromatic N) is 2. The third kappa shape index (κ3) is 3.39. The Bertz CT molecular complexity index is 505. The lowest BCUT2D eigenvalue weighted by molar-refractivity contribution is -0.132. The van der Waals surface area contributed by atoms with Gasteiger partial charge in [0.2, 0.25) is 5.91 Å². The van der Waals surface area contributed by atoms with Crippen molar-refractivity contribution >= 4 is 5.91 Å². The minimum absolute atomic E-state index is 0.202. The second kappa shape index (κ2) is 6.09. The van der Waals surface area contributed by atoms with Gasteiger partial charge in [0.15, 0.2) is 0 Å². The van der Waals surface area contributed by atoms with Gasteiger partial charge >= 0.3 is 0 Å². The first-order valence-electron chi connectivity index (χ1n) is 7.33. The van der Waals surface area contributed by atoms with Crippen molar-refractivity contribution < 1.29 is 4.79 Å². The van der Waals surface area contributed by atoms with Gasteiger partial charge in [0.1, 0.15) is 0 Å². The van der Waals surface area contributed by atoms with Crippen molar-refractivity contribution in [3.05, 3.63) is 35.4 Å². The predicted molar refractivity (Wildman–Crippen MR) is 79.1 cm³/mol. The molecule has 1 fully saturated rings. The molecule has 1 aliphatic heterocycles. The highest BCUT2D eigenvalue weighted by Crippen LogP contribution is 2.33. The number of carbonyl (C=O) groups excluding carboxylic acids is 1. The summed E-state index contributed by atoms with van der Waals surface area (Å²) < 4.78 is 0. The largest absolute Gasteiger partial charge is 0.342 e. The number of hydrogen-bond donors (Lipinski definition) is 0. The third-order valence-corrected chi connectivity index (χ3v) is 4.62. The Kier molecular flexibility index (Phi) is 4.44. The van der Waals surface area contributed by atoms with Crippen molar-refractivity contribution in [2.75, 3.05) is 13.1 Å². The molecule has 0 bridgehead atoms. The van der Waals surface area contributed by atoms with Gasteiger partial charge in [-0.05, 0) is 36.0 Å². The molecule has 0 N–H and O–H groups in total. The zero-order chi connectivity index (χ0) is 14.6. The van der Waals surface area contributed by atoms with Crippen molar-refractivity contribution in [3.63, 3.8) is 0 Å². The van der Waals surface area contributed by atoms with E-state index in [4.69, 9.17) is 5.26 Å². The van der Waals surface area contributed by atoms with E-state index in [2.05, 4.69) is 19.9 Å². The van der Waals surface area contributed by atoms with Crippen LogP contribution in [-0.2, 0) is 11.2 Å². The molecule has 0 saturated carbocycles. The summed E-state index contributed by atoms with van der Waals surface area (Å²) >= 11 is 0. The molecule has 2 rings (SSSR count). The van der Waals surface area contributed by atoms with Crippen LogP contribution in [0, 0.1) is 16.7 Å². The maximum Gasteiger partial charge on any atom is 0.226 e. The van der Waals surface area contributed by atoms with Gasteiger partial charge in [-0.2, -0.15) is 5.26 Å². The van der Waals surface area contributed by atoms with Crippen molar-refractivity contribution in [1.29, 1.82) is 5.26 Å². The summed E-state index contributed by atoms with van der Waals surface area (Å²) in [6.07, 6.45) is 3.82. The Labute approximate surface area is 121 Å². The van der Waals surface area contributed by atoms with Gasteiger partial charge < -0.3 is 4.90 Å². The average molecular weight is 270 g/mol. The molecule has 1 aromatic carbocycles. The van der Waals surface area contributed by atoms with Crippen LogP contribution < -0.4 is 0 Å². The molecule has 0 spiro atoms. The average Bonchev–Trinajstić information content (AvgIpc) is 2.48. The summed E-state index contributed by atoms with van der Waals surface area (Å²) in [6.45, 7) is 6.29. The van der Waals surface area contributed by atoms with E-state index >= 15 is 0 Å². The first-order chi connectivity index (χ1) is 9.56. The molecule has 3 nitrogen and oxygen atoms in total. The highest BCUT2D eigenvalue weighted by Gasteiger charge is 2.30. The topological polar surface area (TPSA) is 44.1 Å². The second-order valence-corrected chi connectivity index (χ2v) is 6.03. The van der Waals surface area contributed by atoms with Gasteiger partial charge in [0, 0.05) is 13.1 Å². The van der Waals surface area contributed by atoms with Crippen LogP contribution in [0.3, 0.4) is 0 Å². The van der Waals surface area contributed by atoms with Gasteiger partial charge in [-0.25, -0.2) is 0 Å². The smallest absolute Gasteiger partial charge is 0.226 e. The molecule has 0 aromatic heterocycles. The van der Waals surface area contributed by atoms with Gasteiger partial charge in [-0.3, -0.25) is 4.79 Å². The minimum atomic E-state index is 0.202. The van der Waals surface area contributed by atoms with Crippen molar-refractivity contribution in [2.24, 2.45) is 5.41 Å². The lowest BCUT2D eigenvalue weighted by Gasteiger charge is -2.39. The predicted octanol–water partition coefficient (Wildman–Crippen LogP) is 3.14. The maximum atomic E-state index is 12.3. The van der Waals surface area contributed by atoms with Crippen LogP contribution in [0.4, 0.5) is 0 Å². The zero-order valence-electron chi connectivity index (χ0n) is 12.4. The molecule has 1 amide bonds. The molecule has 1 saturated heterocycles. The lowest BCUT2D eigenvalue weighted by atomic mass is 9.78. The fourth-order valence-corrected chi connectivity index (χ4v) is 2.63. The molecule has 0 radical (unpaired) electrons. The first kappa shape index (κ1) is 14.6. The number of rotatable bonds is 3. The van der Waals surface area contributed by atoms with Crippen LogP contribution >= 0.6 is 0 Å². The highest BCUT2D eigenvalue weighted by molar-refractivity contribution is 5.78. The van der Waals surface area contributed by atoms with Gasteiger partial charge in [0.05, 0.1) is 18.1 Å². The van der Waals surface area contributed by atoms with E-state index in [1.165, 1.54) is 6.42 Å². The van der Waals surface area contributed by atoms with Crippen LogP contribution in [0.1, 0.15) is 44.2 Å². The Morgan fingerprint density at radius 1 is 1.30 bits per heavy atom. The Balaban J connectivity index is 1.91. The maximum absolute atomic E-state index is 12.3. The Morgan fingerprint density at radius 2 is 1.90 bits per heavy atom. The van der Waals surface area contributed by atoms with Crippen molar-refractivity contribution in [1.82, 2.24) is 4.90 Å². The number of nitriles is 1. The highest BCUT2D eigenvalue weighted by atomic mass is 16.2. The van der Waals surface area contributed by atoms with E-state index < -0.39 is 0 Å². The van der Waals surface area contributed by atoms with E-state index in [1.54, 1.807) is 12.1 Å². The van der Waals surface area contributed by atoms with E-state index in [1.807, 2.05) is 17.0 Å². The summed E-state index contributed by atoms with van der Waals surface area (Å²) in [5, 5.41) is 8.76. The lowest BCUT2D eigenvalue weighted by Crippen LogP contribution is -2.42. The number of carbonyl (C=O) groups is 1. The molecular formula is C17H22N2O. The van der Waals surface area contributed by atoms with Crippen LogP contribution in [0.15, 0.2) is 24.3 Å². The van der Waals surface area contributed by atoms with Crippen molar-refractivity contribution in [3.8, 4) is 6.07 Å². The van der Waals surface area contributed by atoms with Gasteiger partial charge in [0.25, 0.3) is 0 Å². The fourth-order valence-electron chi connectivity index (χ4n) is 2.63. The molecule has 1 heterocycles. The SMILES string of the molecule is CCC1(C)CCN(C(=O)Cc2ccc(C#N)cc2)CC1. The summed E-state index contributed by atoms with van der Waals surface area (Å²) in [4.78, 5) is 14.3. The summed E-state index contributed by atoms with van der Waals surface area (Å²) in [6, 6.07) is 9.38. The normalized spacial score (nSPS) is 17.6. The molecule has 20 heavy (non-hydrogen) atoms. The van der Waals surface area contributed by atoms with Crippen LogP contribution in [-0.4, -0.2) is 23.9 Å². The molecule has 0 unspecified atom stereocenters. The molecule has 0 atom stereocenters. The fraction of sp³-hybridized carbons (Fsp3) is 0.529. The standard InChI is InChI=1S/C17H22N2O/c1-3-17(2)8-10-19(11-9-17)16(20)12-14-4-6-15(13-18)7-5-14/h4-7H,3,8-12H2,1-2H3. The zero-order valence-corrected chi connectivity index (χ0v) is 12.4. The van der Waals surface area contributed by atoms with Gasteiger partial charge in [-0.1, -0.05) is 32.4 Å². The van der Waals surface area contributed by atoms with E-state index in [0.717, 1.165) is 31.5 Å². The molecule has 106 valence electrons. The number of piperidine rings is 1. The molecule has 1 aromatic rings. The van der Waals surface area contributed by atoms with Crippen LogP contribution in [0.2, 0.25) is 0 Å². The number of amides is 1. The monoisotopic (exact) mass is 270 g/mol. The van der Waals surface area contributed by atoms with Crippen LogP contribution in [0.25, 0.3) is 0 Å². The molecule has 1 aliphatic rings. The van der Waals surface area contributed by atoms with Crippen molar-refractivity contribution in [2.45, 2.75) is 39.5 Å². The molecule has 3 heteroatoms. The quantitative estimate of drug-likeness (QED) is 0.847. The third-order valence-electron chi connectivity index (χ3n) is 4.62. The van der Waals surface area contributed by atoms with E-state index in [9.17, 15) is 4.79 Å². The number of hydrogen-bond acceptors (Lipinski definition) is 2. The van der Waals surface area contributed by atoms with E-state index in [-0.39, 0.29) is 5.91 Å². The first-order valence-corrected chi connectivity index (χ1v) is 7.33. The summed E-state index contributed by atoms with van der Waals surface area (Å²) in [5.41, 5.74) is 2.03. The summed E-state index contributed by atoms with van der Waals surface area (Å²) in [5.74, 6) is 0.202. The number of likely N-dealkylation sites (tertiary alicyclic amines) is 1. The Morgan fingerprint density at radius 3 is 2.40 bits per heavy atom. The van der Waals surface area contributed by atoms with E-state index in [0.29, 0.717) is 17.4 Å². The van der Waals surface area contributed by atoms with Crippen LogP contribution in [0.5, 0.6) is 0 Å². The number of benzene rings is 1. The molecular weight excluding hydrogens is 248 g/mol.